The molecule has 2 atom stereocenters. The van der Waals surface area contributed by atoms with Crippen LogP contribution >= 0.6 is 12.6 Å². The van der Waals surface area contributed by atoms with Gasteiger partial charge >= 0.3 is 6.09 Å². The van der Waals surface area contributed by atoms with E-state index in [1.165, 1.54) is 4.90 Å². The van der Waals surface area contributed by atoms with Gasteiger partial charge in [0.2, 0.25) is 5.91 Å². The molecule has 10 heteroatoms. The molecule has 0 fully saturated rings. The van der Waals surface area contributed by atoms with Crippen LogP contribution in [0.3, 0.4) is 0 Å². The number of methoxy groups -OCH3 is 1. The molecule has 9 nitrogen and oxygen atoms in total. The van der Waals surface area contributed by atoms with Crippen molar-refractivity contribution in [1.29, 1.82) is 0 Å². The van der Waals surface area contributed by atoms with Crippen LogP contribution in [-0.4, -0.2) is 59.0 Å². The minimum absolute atomic E-state index is 0.0168. The molecular weight excluding hydrogens is 542 g/mol. The standard InChI is InChI=1S/C31H45N3O6S/c1-7-8-9-10-11-19-34(29(37)25(20-41)33-30(38)40-31(3,4)5)26(24-14-12-13-21(2)27(24)35)28(36)32-22-15-17-23(39-6)18-16-22/h12-18,25-26,35,41H,7-11,19-20H2,1-6H3,(H,32,36)(H,33,38). The lowest BCUT2D eigenvalue weighted by Gasteiger charge is -2.34. The van der Waals surface area contributed by atoms with Crippen LogP contribution in [0.4, 0.5) is 10.5 Å². The predicted octanol–water partition coefficient (Wildman–Crippen LogP) is 6.01. The molecule has 0 spiro atoms. The van der Waals surface area contributed by atoms with Gasteiger partial charge in [-0.2, -0.15) is 12.6 Å². The minimum Gasteiger partial charge on any atom is -0.507 e. The highest BCUT2D eigenvalue weighted by atomic mass is 32.1. The van der Waals surface area contributed by atoms with Crippen LogP contribution in [0.5, 0.6) is 11.5 Å². The van der Waals surface area contributed by atoms with Gasteiger partial charge in [0, 0.05) is 23.5 Å². The molecule has 0 radical (unpaired) electrons. The number of anilines is 1. The number of para-hydroxylation sites is 1. The Balaban J connectivity index is 2.51. The van der Waals surface area contributed by atoms with E-state index in [2.05, 4.69) is 30.2 Å². The van der Waals surface area contributed by atoms with Crippen LogP contribution in [0, 0.1) is 6.92 Å². The Morgan fingerprint density at radius 3 is 2.27 bits per heavy atom. The molecule has 0 aliphatic heterocycles. The summed E-state index contributed by atoms with van der Waals surface area (Å²) in [5.74, 6) is -0.472. The van der Waals surface area contributed by atoms with E-state index in [1.807, 2.05) is 0 Å². The van der Waals surface area contributed by atoms with Gasteiger partial charge in [-0.05, 0) is 63.9 Å². The second-order valence-electron chi connectivity index (χ2n) is 11.0. The van der Waals surface area contributed by atoms with E-state index >= 15 is 0 Å². The molecule has 41 heavy (non-hydrogen) atoms. The van der Waals surface area contributed by atoms with Crippen molar-refractivity contribution in [2.24, 2.45) is 0 Å². The lowest BCUT2D eigenvalue weighted by Crippen LogP contribution is -2.53. The molecule has 2 unspecified atom stereocenters. The maximum absolute atomic E-state index is 14.1. The third kappa shape index (κ3) is 10.5. The van der Waals surface area contributed by atoms with Crippen LogP contribution in [0.2, 0.25) is 0 Å². The summed E-state index contributed by atoms with van der Waals surface area (Å²) >= 11 is 4.34. The molecule has 0 saturated heterocycles. The fourth-order valence-electron chi connectivity index (χ4n) is 4.33. The zero-order valence-corrected chi connectivity index (χ0v) is 25.9. The topological polar surface area (TPSA) is 117 Å². The summed E-state index contributed by atoms with van der Waals surface area (Å²) in [5, 5.41) is 16.5. The third-order valence-corrected chi connectivity index (χ3v) is 6.80. The van der Waals surface area contributed by atoms with Crippen LogP contribution in [0.1, 0.15) is 77.0 Å². The van der Waals surface area contributed by atoms with E-state index in [0.29, 0.717) is 23.4 Å². The average molecular weight is 588 g/mol. The van der Waals surface area contributed by atoms with E-state index in [0.717, 1.165) is 25.7 Å². The predicted molar refractivity (Wildman–Crippen MR) is 165 cm³/mol. The second-order valence-corrected chi connectivity index (χ2v) is 11.3. The number of phenolic OH excluding ortho intramolecular Hbond substituents is 1. The van der Waals surface area contributed by atoms with Crippen molar-refractivity contribution in [1.82, 2.24) is 10.2 Å². The number of nitrogens with zero attached hydrogens (tertiary/aromatic N) is 1. The van der Waals surface area contributed by atoms with Gasteiger partial charge in [0.1, 0.15) is 29.2 Å². The van der Waals surface area contributed by atoms with E-state index in [4.69, 9.17) is 9.47 Å². The summed E-state index contributed by atoms with van der Waals surface area (Å²) in [6.07, 6.45) is 3.85. The number of benzene rings is 2. The number of aryl methyl sites for hydroxylation is 1. The van der Waals surface area contributed by atoms with Crippen LogP contribution < -0.4 is 15.4 Å². The van der Waals surface area contributed by atoms with E-state index < -0.39 is 35.6 Å². The first-order valence-corrected chi connectivity index (χ1v) is 14.7. The van der Waals surface area contributed by atoms with Crippen molar-refractivity contribution in [3.05, 3.63) is 53.6 Å². The normalized spacial score (nSPS) is 12.7. The lowest BCUT2D eigenvalue weighted by molar-refractivity contribution is -0.140. The number of hydrogen-bond donors (Lipinski definition) is 4. The Hall–Kier alpha value is -3.40. The number of unbranched alkanes of at least 4 members (excludes halogenated alkanes) is 4. The number of ether oxygens (including phenoxy) is 2. The molecule has 2 rings (SSSR count). The monoisotopic (exact) mass is 587 g/mol. The van der Waals surface area contributed by atoms with Gasteiger partial charge in [-0.1, -0.05) is 50.8 Å². The molecule has 3 amide bonds. The zero-order chi connectivity index (χ0) is 30.6. The molecule has 2 aromatic carbocycles. The number of carbonyl (C=O) groups is 3. The lowest BCUT2D eigenvalue weighted by atomic mass is 9.98. The first kappa shape index (κ1) is 33.8. The number of rotatable bonds is 14. The Kier molecular flexibility index (Phi) is 13.3. The van der Waals surface area contributed by atoms with Gasteiger partial charge in [-0.3, -0.25) is 9.59 Å². The van der Waals surface area contributed by atoms with Crippen LogP contribution in [0.15, 0.2) is 42.5 Å². The van der Waals surface area contributed by atoms with Gasteiger partial charge in [0.25, 0.3) is 5.91 Å². The number of hydrogen-bond acceptors (Lipinski definition) is 7. The molecule has 0 aromatic heterocycles. The summed E-state index contributed by atoms with van der Waals surface area (Å²) in [6, 6.07) is 9.68. The maximum atomic E-state index is 14.1. The number of carbonyl (C=O) groups excluding carboxylic acids is 3. The van der Waals surface area contributed by atoms with Gasteiger partial charge in [-0.25, -0.2) is 4.79 Å². The quantitative estimate of drug-likeness (QED) is 0.159. The Labute approximate surface area is 249 Å². The largest absolute Gasteiger partial charge is 0.507 e. The molecule has 0 heterocycles. The fraction of sp³-hybridized carbons (Fsp3) is 0.516. The van der Waals surface area contributed by atoms with Gasteiger partial charge in [-0.15, -0.1) is 0 Å². The number of amides is 3. The molecule has 0 bridgehead atoms. The molecular formula is C31H45N3O6S. The van der Waals surface area contributed by atoms with Gasteiger partial charge in [0.05, 0.1) is 7.11 Å². The van der Waals surface area contributed by atoms with Crippen molar-refractivity contribution < 1.29 is 29.0 Å². The maximum Gasteiger partial charge on any atom is 0.408 e. The van der Waals surface area contributed by atoms with Crippen molar-refractivity contribution in [3.8, 4) is 11.5 Å². The van der Waals surface area contributed by atoms with Gasteiger partial charge in [0.15, 0.2) is 0 Å². The summed E-state index contributed by atoms with van der Waals surface area (Å²) < 4.78 is 10.6. The smallest absolute Gasteiger partial charge is 0.408 e. The summed E-state index contributed by atoms with van der Waals surface area (Å²) in [4.78, 5) is 42.0. The molecule has 2 aromatic rings. The molecule has 3 N–H and O–H groups in total. The Bertz CT molecular complexity index is 1150. The highest BCUT2D eigenvalue weighted by Crippen LogP contribution is 2.33. The average Bonchev–Trinajstić information content (AvgIpc) is 2.92. The first-order chi connectivity index (χ1) is 19.4. The Morgan fingerprint density at radius 2 is 1.68 bits per heavy atom. The van der Waals surface area contributed by atoms with E-state index in [9.17, 15) is 19.5 Å². The molecule has 226 valence electrons. The summed E-state index contributed by atoms with van der Waals surface area (Å²) in [5.41, 5.74) is 0.591. The number of phenols is 1. The van der Waals surface area contributed by atoms with Crippen molar-refractivity contribution >= 4 is 36.2 Å². The number of thiol groups is 1. The fourth-order valence-corrected chi connectivity index (χ4v) is 4.57. The highest BCUT2D eigenvalue weighted by molar-refractivity contribution is 7.80. The minimum atomic E-state index is -1.18. The SMILES string of the molecule is CCCCCCCN(C(=O)C(CS)NC(=O)OC(C)(C)C)C(C(=O)Nc1ccc(OC)cc1)c1cccc(C)c1O. The van der Waals surface area contributed by atoms with Gasteiger partial charge < -0.3 is 30.1 Å². The number of nitrogens with one attached hydrogen (secondary N) is 2. The van der Waals surface area contributed by atoms with E-state index in [1.54, 1.807) is 77.3 Å². The first-order valence-electron chi connectivity index (χ1n) is 14.1. The van der Waals surface area contributed by atoms with Crippen LogP contribution in [0.25, 0.3) is 0 Å². The number of aromatic hydroxyl groups is 1. The Morgan fingerprint density at radius 1 is 1.02 bits per heavy atom. The van der Waals surface area contributed by atoms with Crippen molar-refractivity contribution in [2.75, 3.05) is 24.7 Å². The number of alkyl carbamates (subject to hydrolysis) is 1. The molecule has 0 aliphatic rings. The van der Waals surface area contributed by atoms with Crippen LogP contribution in [-0.2, 0) is 14.3 Å². The third-order valence-electron chi connectivity index (χ3n) is 6.44. The second kappa shape index (κ2) is 16.1. The van der Waals surface area contributed by atoms with Crippen molar-refractivity contribution in [2.45, 2.75) is 84.4 Å². The molecule has 0 saturated carbocycles. The zero-order valence-electron chi connectivity index (χ0n) is 25.0. The van der Waals surface area contributed by atoms with Crippen molar-refractivity contribution in [3.63, 3.8) is 0 Å². The molecule has 0 aliphatic carbocycles. The van der Waals surface area contributed by atoms with E-state index in [-0.39, 0.29) is 23.6 Å². The highest BCUT2D eigenvalue weighted by Gasteiger charge is 2.37. The summed E-state index contributed by atoms with van der Waals surface area (Å²) in [7, 11) is 1.55. The summed E-state index contributed by atoms with van der Waals surface area (Å²) in [6.45, 7) is 9.27.